The predicted molar refractivity (Wildman–Crippen MR) is 103 cm³/mol. The third kappa shape index (κ3) is 3.15. The average Bonchev–Trinajstić information content (AvgIpc) is 3.21. The van der Waals surface area contributed by atoms with Crippen LogP contribution in [-0.4, -0.2) is 25.4 Å². The first-order valence-corrected chi connectivity index (χ1v) is 9.24. The van der Waals surface area contributed by atoms with E-state index >= 15 is 0 Å². The minimum atomic E-state index is 0.00331. The monoisotopic (exact) mass is 362 g/mol. The van der Waals surface area contributed by atoms with Crippen molar-refractivity contribution in [1.82, 2.24) is 19.6 Å². The van der Waals surface area contributed by atoms with Crippen molar-refractivity contribution in [3.05, 3.63) is 69.6 Å². The molecule has 130 valence electrons. The lowest BCUT2D eigenvalue weighted by molar-refractivity contribution is 0.0994. The summed E-state index contributed by atoms with van der Waals surface area (Å²) in [5.41, 5.74) is 6.53. The Kier molecular flexibility index (Phi) is 4.12. The van der Waals surface area contributed by atoms with Crippen molar-refractivity contribution in [2.45, 2.75) is 27.2 Å². The molecule has 5 nitrogen and oxygen atoms in total. The van der Waals surface area contributed by atoms with Crippen LogP contribution in [0.3, 0.4) is 0 Å². The summed E-state index contributed by atoms with van der Waals surface area (Å²) in [6.45, 7) is 6.08. The van der Waals surface area contributed by atoms with Gasteiger partial charge in [0.15, 0.2) is 11.4 Å². The molecule has 3 aromatic heterocycles. The third-order valence-corrected chi connectivity index (χ3v) is 5.19. The largest absolute Gasteiger partial charge is 0.294 e. The molecule has 0 aliphatic carbocycles. The van der Waals surface area contributed by atoms with Gasteiger partial charge in [-0.15, -0.1) is 21.5 Å². The number of aromatic nitrogens is 4. The number of pyridine rings is 1. The minimum Gasteiger partial charge on any atom is -0.294 e. The van der Waals surface area contributed by atoms with Gasteiger partial charge in [0.25, 0.3) is 0 Å². The van der Waals surface area contributed by atoms with Crippen LogP contribution in [0.25, 0.3) is 16.8 Å². The highest BCUT2D eigenvalue weighted by Gasteiger charge is 2.17. The fourth-order valence-corrected chi connectivity index (χ4v) is 3.93. The van der Waals surface area contributed by atoms with Gasteiger partial charge in [-0.1, -0.05) is 29.3 Å². The van der Waals surface area contributed by atoms with E-state index in [-0.39, 0.29) is 12.2 Å². The van der Waals surface area contributed by atoms with Crippen molar-refractivity contribution >= 4 is 22.8 Å². The summed E-state index contributed by atoms with van der Waals surface area (Å²) in [6, 6.07) is 8.30. The molecular weight excluding hydrogens is 344 g/mol. The van der Waals surface area contributed by atoms with Crippen LogP contribution in [0, 0.1) is 20.8 Å². The smallest absolute Gasteiger partial charge is 0.173 e. The van der Waals surface area contributed by atoms with Crippen LogP contribution in [0.1, 0.15) is 32.2 Å². The standard InChI is InChI=1S/C20H18N4OS/c1-12-4-13(2)6-15(5-12)16-7-17(20-23-21-11-24(20)9-16)18(25)8-19-22-14(3)10-26-19/h4-7,9-11H,8H2,1-3H3. The van der Waals surface area contributed by atoms with Crippen LogP contribution >= 0.6 is 11.3 Å². The molecule has 0 saturated heterocycles. The molecule has 0 spiro atoms. The lowest BCUT2D eigenvalue weighted by Crippen LogP contribution is -2.07. The van der Waals surface area contributed by atoms with Crippen LogP contribution in [0.5, 0.6) is 0 Å². The van der Waals surface area contributed by atoms with E-state index in [1.807, 2.05) is 29.0 Å². The first kappa shape index (κ1) is 16.6. The summed E-state index contributed by atoms with van der Waals surface area (Å²) in [4.78, 5) is 17.3. The summed E-state index contributed by atoms with van der Waals surface area (Å²) < 4.78 is 1.81. The van der Waals surface area contributed by atoms with Crippen LogP contribution < -0.4 is 0 Å². The van der Waals surface area contributed by atoms with Crippen molar-refractivity contribution in [2.75, 3.05) is 0 Å². The molecule has 0 aliphatic rings. The number of thiazole rings is 1. The van der Waals surface area contributed by atoms with Gasteiger partial charge in [-0.25, -0.2) is 4.98 Å². The van der Waals surface area contributed by atoms with Crippen LogP contribution in [0.15, 0.2) is 42.2 Å². The second kappa shape index (κ2) is 6.46. The highest BCUT2D eigenvalue weighted by molar-refractivity contribution is 7.09. The quantitative estimate of drug-likeness (QED) is 0.510. The van der Waals surface area contributed by atoms with E-state index in [1.54, 1.807) is 6.33 Å². The fraction of sp³-hybridized carbons (Fsp3) is 0.200. The molecule has 0 fully saturated rings. The molecular formula is C20H18N4OS. The molecule has 0 aliphatic heterocycles. The molecule has 26 heavy (non-hydrogen) atoms. The number of rotatable bonds is 4. The Morgan fingerprint density at radius 2 is 1.85 bits per heavy atom. The van der Waals surface area contributed by atoms with Crippen molar-refractivity contribution in [2.24, 2.45) is 0 Å². The Labute approximate surface area is 155 Å². The zero-order valence-electron chi connectivity index (χ0n) is 14.9. The van der Waals surface area contributed by atoms with Gasteiger partial charge < -0.3 is 0 Å². The molecule has 0 atom stereocenters. The molecule has 1 aromatic carbocycles. The number of fused-ring (bicyclic) bond motifs is 1. The summed E-state index contributed by atoms with van der Waals surface area (Å²) >= 11 is 1.51. The highest BCUT2D eigenvalue weighted by Crippen LogP contribution is 2.26. The topological polar surface area (TPSA) is 60.2 Å². The zero-order chi connectivity index (χ0) is 18.3. The molecule has 0 unspecified atom stereocenters. The molecule has 4 rings (SSSR count). The average molecular weight is 362 g/mol. The van der Waals surface area contributed by atoms with Crippen LogP contribution in [0.4, 0.5) is 0 Å². The van der Waals surface area contributed by atoms with Crippen LogP contribution in [0.2, 0.25) is 0 Å². The van der Waals surface area contributed by atoms with E-state index in [2.05, 4.69) is 47.2 Å². The molecule has 0 saturated carbocycles. The maximum absolute atomic E-state index is 12.9. The number of ketones is 1. The van der Waals surface area contributed by atoms with Crippen molar-refractivity contribution in [1.29, 1.82) is 0 Å². The number of carbonyl (C=O) groups is 1. The number of nitrogens with zero attached hydrogens (tertiary/aromatic N) is 4. The van der Waals surface area contributed by atoms with Gasteiger partial charge in [0.05, 0.1) is 12.0 Å². The van der Waals surface area contributed by atoms with E-state index in [0.29, 0.717) is 11.2 Å². The molecule has 0 amide bonds. The van der Waals surface area contributed by atoms with E-state index in [1.165, 1.54) is 22.5 Å². The number of hydrogen-bond acceptors (Lipinski definition) is 5. The molecule has 0 radical (unpaired) electrons. The summed E-state index contributed by atoms with van der Waals surface area (Å²) in [5, 5.41) is 10.9. The fourth-order valence-electron chi connectivity index (χ4n) is 3.16. The van der Waals surface area contributed by atoms with Crippen molar-refractivity contribution in [3.63, 3.8) is 0 Å². The van der Waals surface area contributed by atoms with E-state index in [0.717, 1.165) is 21.8 Å². The van der Waals surface area contributed by atoms with Crippen molar-refractivity contribution in [3.8, 4) is 11.1 Å². The van der Waals surface area contributed by atoms with Crippen LogP contribution in [-0.2, 0) is 6.42 Å². The van der Waals surface area contributed by atoms with Gasteiger partial charge in [0, 0.05) is 17.3 Å². The predicted octanol–water partition coefficient (Wildman–Crippen LogP) is 4.20. The zero-order valence-corrected chi connectivity index (χ0v) is 15.7. The summed E-state index contributed by atoms with van der Waals surface area (Å²) in [6.07, 6.45) is 3.87. The Morgan fingerprint density at radius 1 is 1.08 bits per heavy atom. The van der Waals surface area contributed by atoms with Gasteiger partial charge in [0.1, 0.15) is 11.3 Å². The van der Waals surface area contributed by atoms with E-state index < -0.39 is 0 Å². The van der Waals surface area contributed by atoms with Gasteiger partial charge in [0.2, 0.25) is 0 Å². The number of Topliss-reactive ketones (excluding diaryl/α,β-unsaturated/α-hetero) is 1. The SMILES string of the molecule is Cc1cc(C)cc(-c2cc(C(=O)Cc3nc(C)cs3)c3nncn3c2)c1. The maximum Gasteiger partial charge on any atom is 0.173 e. The second-order valence-electron chi connectivity index (χ2n) is 6.56. The summed E-state index contributed by atoms with van der Waals surface area (Å²) in [7, 11) is 0. The van der Waals surface area contributed by atoms with E-state index in [9.17, 15) is 4.79 Å². The molecule has 0 bridgehead atoms. The number of hydrogen-bond donors (Lipinski definition) is 0. The van der Waals surface area contributed by atoms with Gasteiger partial charge in [-0.05, 0) is 38.0 Å². The molecule has 0 N–H and O–H groups in total. The Morgan fingerprint density at radius 3 is 2.54 bits per heavy atom. The number of aryl methyl sites for hydroxylation is 3. The van der Waals surface area contributed by atoms with Gasteiger partial charge in [-0.2, -0.15) is 0 Å². The number of carbonyl (C=O) groups excluding carboxylic acids is 1. The first-order chi connectivity index (χ1) is 12.5. The molecule has 6 heteroatoms. The van der Waals surface area contributed by atoms with Gasteiger partial charge >= 0.3 is 0 Å². The lowest BCUT2D eigenvalue weighted by atomic mass is 9.99. The third-order valence-electron chi connectivity index (χ3n) is 4.23. The van der Waals surface area contributed by atoms with Crippen molar-refractivity contribution < 1.29 is 4.79 Å². The summed E-state index contributed by atoms with van der Waals surface area (Å²) in [5.74, 6) is 0.00331. The Bertz CT molecular complexity index is 1110. The second-order valence-corrected chi connectivity index (χ2v) is 7.51. The Hall–Kier alpha value is -2.86. The molecule has 3 heterocycles. The van der Waals surface area contributed by atoms with E-state index in [4.69, 9.17) is 0 Å². The lowest BCUT2D eigenvalue weighted by Gasteiger charge is -2.09. The highest BCUT2D eigenvalue weighted by atomic mass is 32.1. The Balaban J connectivity index is 1.81. The maximum atomic E-state index is 12.9. The normalized spacial score (nSPS) is 11.2. The van der Waals surface area contributed by atoms with Gasteiger partial charge in [-0.3, -0.25) is 9.20 Å². The number of benzene rings is 1. The molecule has 4 aromatic rings. The first-order valence-electron chi connectivity index (χ1n) is 8.36. The minimum absolute atomic E-state index is 0.00331.